The van der Waals surface area contributed by atoms with Crippen molar-refractivity contribution in [2.24, 2.45) is 5.92 Å². The van der Waals surface area contributed by atoms with Gasteiger partial charge in [-0.05, 0) is 55.7 Å². The van der Waals surface area contributed by atoms with Gasteiger partial charge in [-0.15, -0.1) is 10.2 Å². The summed E-state index contributed by atoms with van der Waals surface area (Å²) in [4.78, 5) is 14.8. The molecule has 0 radical (unpaired) electrons. The maximum Gasteiger partial charge on any atom is 0.225 e. The van der Waals surface area contributed by atoms with E-state index in [0.717, 1.165) is 42.0 Å². The Bertz CT molecular complexity index is 1000. The molecular formula is C24H25FN4O. The van der Waals surface area contributed by atoms with Crippen molar-refractivity contribution in [2.75, 3.05) is 18.0 Å². The standard InChI is InChI=1S/C24H25FN4O/c1-17-4-2-5-19(14-17)22-11-12-23(28-27-22)29-13-3-6-20(16-29)24(30)26-15-18-7-9-21(25)10-8-18/h2,4-5,7-12,14,20H,3,6,13,15-16H2,1H3,(H,26,30)/t20-/m1/s1. The summed E-state index contributed by atoms with van der Waals surface area (Å²) >= 11 is 0. The molecule has 2 aromatic carbocycles. The Labute approximate surface area is 176 Å². The first-order valence-corrected chi connectivity index (χ1v) is 10.3. The summed E-state index contributed by atoms with van der Waals surface area (Å²) in [6.07, 6.45) is 1.77. The van der Waals surface area contributed by atoms with Gasteiger partial charge >= 0.3 is 0 Å². The number of aromatic nitrogens is 2. The molecule has 0 unspecified atom stereocenters. The second kappa shape index (κ2) is 9.03. The predicted molar refractivity (Wildman–Crippen MR) is 115 cm³/mol. The number of aryl methyl sites for hydroxylation is 1. The lowest BCUT2D eigenvalue weighted by atomic mass is 9.97. The van der Waals surface area contributed by atoms with Crippen LogP contribution >= 0.6 is 0 Å². The zero-order valence-corrected chi connectivity index (χ0v) is 17.0. The van der Waals surface area contributed by atoms with E-state index in [1.54, 1.807) is 12.1 Å². The van der Waals surface area contributed by atoms with Gasteiger partial charge in [-0.25, -0.2) is 4.39 Å². The molecule has 1 atom stereocenters. The molecule has 1 aliphatic heterocycles. The highest BCUT2D eigenvalue weighted by atomic mass is 19.1. The summed E-state index contributed by atoms with van der Waals surface area (Å²) in [6.45, 7) is 3.94. The largest absolute Gasteiger partial charge is 0.354 e. The molecule has 2 heterocycles. The number of nitrogens with one attached hydrogen (secondary N) is 1. The molecule has 0 spiro atoms. The molecule has 4 rings (SSSR count). The smallest absolute Gasteiger partial charge is 0.225 e. The van der Waals surface area contributed by atoms with Gasteiger partial charge in [-0.1, -0.05) is 35.9 Å². The van der Waals surface area contributed by atoms with E-state index >= 15 is 0 Å². The second-order valence-corrected chi connectivity index (χ2v) is 7.78. The SMILES string of the molecule is Cc1cccc(-c2ccc(N3CCC[C@@H](C(=O)NCc4ccc(F)cc4)C3)nn2)c1. The van der Waals surface area contributed by atoms with E-state index in [2.05, 4.69) is 39.5 Å². The van der Waals surface area contributed by atoms with Crippen molar-refractivity contribution in [1.82, 2.24) is 15.5 Å². The summed E-state index contributed by atoms with van der Waals surface area (Å²) in [5.41, 5.74) is 3.96. The van der Waals surface area contributed by atoms with Crippen LogP contribution in [-0.4, -0.2) is 29.2 Å². The molecule has 6 heteroatoms. The molecule has 1 amide bonds. The Hall–Kier alpha value is -3.28. The van der Waals surface area contributed by atoms with E-state index in [-0.39, 0.29) is 17.6 Å². The van der Waals surface area contributed by atoms with Crippen LogP contribution in [0.15, 0.2) is 60.7 Å². The highest BCUT2D eigenvalue weighted by Gasteiger charge is 2.26. The van der Waals surface area contributed by atoms with E-state index in [4.69, 9.17) is 0 Å². The lowest BCUT2D eigenvalue weighted by Crippen LogP contribution is -2.43. The van der Waals surface area contributed by atoms with Crippen LogP contribution in [0.1, 0.15) is 24.0 Å². The van der Waals surface area contributed by atoms with Crippen molar-refractivity contribution in [2.45, 2.75) is 26.3 Å². The molecule has 0 bridgehead atoms. The number of hydrogen-bond donors (Lipinski definition) is 1. The number of nitrogens with zero attached hydrogens (tertiary/aromatic N) is 3. The topological polar surface area (TPSA) is 58.1 Å². The van der Waals surface area contributed by atoms with Crippen LogP contribution in [0.25, 0.3) is 11.3 Å². The zero-order valence-electron chi connectivity index (χ0n) is 17.0. The Balaban J connectivity index is 1.37. The van der Waals surface area contributed by atoms with Gasteiger partial charge in [0, 0.05) is 25.2 Å². The molecule has 0 saturated carbocycles. The lowest BCUT2D eigenvalue weighted by Gasteiger charge is -2.32. The number of rotatable bonds is 5. The average molecular weight is 404 g/mol. The zero-order chi connectivity index (χ0) is 20.9. The number of anilines is 1. The molecule has 1 aromatic heterocycles. The first kappa shape index (κ1) is 20.0. The van der Waals surface area contributed by atoms with Crippen molar-refractivity contribution in [3.05, 3.63) is 77.6 Å². The van der Waals surface area contributed by atoms with Crippen molar-refractivity contribution < 1.29 is 9.18 Å². The minimum absolute atomic E-state index is 0.0216. The van der Waals surface area contributed by atoms with Crippen molar-refractivity contribution in [1.29, 1.82) is 0 Å². The molecule has 30 heavy (non-hydrogen) atoms. The van der Waals surface area contributed by atoms with Gasteiger partial charge in [0.05, 0.1) is 11.6 Å². The highest BCUT2D eigenvalue weighted by molar-refractivity contribution is 5.79. The number of piperidine rings is 1. The van der Waals surface area contributed by atoms with Gasteiger partial charge in [0.25, 0.3) is 0 Å². The van der Waals surface area contributed by atoms with Gasteiger partial charge < -0.3 is 10.2 Å². The molecule has 1 fully saturated rings. The minimum atomic E-state index is -0.275. The molecule has 3 aromatic rings. The average Bonchev–Trinajstić information content (AvgIpc) is 2.79. The van der Waals surface area contributed by atoms with Crippen molar-refractivity contribution >= 4 is 11.7 Å². The fourth-order valence-corrected chi connectivity index (χ4v) is 3.79. The third-order valence-electron chi connectivity index (χ3n) is 5.46. The van der Waals surface area contributed by atoms with Gasteiger partial charge in [0.15, 0.2) is 5.82 Å². The molecule has 1 N–H and O–H groups in total. The number of halogens is 1. The monoisotopic (exact) mass is 404 g/mol. The maximum absolute atomic E-state index is 13.0. The Kier molecular flexibility index (Phi) is 6.02. The molecule has 0 aliphatic carbocycles. The first-order chi connectivity index (χ1) is 14.6. The highest BCUT2D eigenvalue weighted by Crippen LogP contribution is 2.24. The van der Waals surface area contributed by atoms with Crippen LogP contribution in [0.5, 0.6) is 0 Å². The third kappa shape index (κ3) is 4.82. The van der Waals surface area contributed by atoms with Crippen molar-refractivity contribution in [3.63, 3.8) is 0 Å². The fraction of sp³-hybridized carbons (Fsp3) is 0.292. The van der Waals surface area contributed by atoms with Crippen LogP contribution in [0.4, 0.5) is 10.2 Å². The second-order valence-electron chi connectivity index (χ2n) is 7.78. The van der Waals surface area contributed by atoms with Crippen LogP contribution in [0.2, 0.25) is 0 Å². The van der Waals surface area contributed by atoms with E-state index in [0.29, 0.717) is 13.1 Å². The van der Waals surface area contributed by atoms with Crippen LogP contribution < -0.4 is 10.2 Å². The summed E-state index contributed by atoms with van der Waals surface area (Å²) in [6, 6.07) is 18.3. The van der Waals surface area contributed by atoms with Gasteiger partial charge in [0.2, 0.25) is 5.91 Å². The van der Waals surface area contributed by atoms with E-state index in [1.165, 1.54) is 17.7 Å². The van der Waals surface area contributed by atoms with Crippen LogP contribution in [0, 0.1) is 18.7 Å². The van der Waals surface area contributed by atoms with E-state index in [9.17, 15) is 9.18 Å². The predicted octanol–water partition coefficient (Wildman–Crippen LogP) is 4.12. The Morgan fingerprint density at radius 3 is 2.70 bits per heavy atom. The third-order valence-corrected chi connectivity index (χ3v) is 5.46. The summed E-state index contributed by atoms with van der Waals surface area (Å²) in [5.74, 6) is 0.441. The Morgan fingerprint density at radius 2 is 1.97 bits per heavy atom. The molecule has 154 valence electrons. The van der Waals surface area contributed by atoms with Gasteiger partial charge in [-0.2, -0.15) is 0 Å². The maximum atomic E-state index is 13.0. The Morgan fingerprint density at radius 1 is 1.13 bits per heavy atom. The number of carbonyl (C=O) groups is 1. The quantitative estimate of drug-likeness (QED) is 0.695. The number of benzene rings is 2. The first-order valence-electron chi connectivity index (χ1n) is 10.3. The van der Waals surface area contributed by atoms with Gasteiger partial charge in [0.1, 0.15) is 5.82 Å². The summed E-state index contributed by atoms with van der Waals surface area (Å²) in [5, 5.41) is 11.8. The minimum Gasteiger partial charge on any atom is -0.354 e. The number of amides is 1. The molecular weight excluding hydrogens is 379 g/mol. The van der Waals surface area contributed by atoms with E-state index < -0.39 is 0 Å². The molecule has 1 saturated heterocycles. The fourth-order valence-electron chi connectivity index (χ4n) is 3.79. The van der Waals surface area contributed by atoms with Crippen LogP contribution in [0.3, 0.4) is 0 Å². The number of hydrogen-bond acceptors (Lipinski definition) is 4. The normalized spacial score (nSPS) is 16.3. The summed E-state index contributed by atoms with van der Waals surface area (Å²) in [7, 11) is 0. The summed E-state index contributed by atoms with van der Waals surface area (Å²) < 4.78 is 13.0. The van der Waals surface area contributed by atoms with E-state index in [1.807, 2.05) is 24.3 Å². The molecule has 1 aliphatic rings. The van der Waals surface area contributed by atoms with Gasteiger partial charge in [-0.3, -0.25) is 4.79 Å². The van der Waals surface area contributed by atoms with Crippen LogP contribution in [-0.2, 0) is 11.3 Å². The molecule has 5 nitrogen and oxygen atoms in total. The number of carbonyl (C=O) groups excluding carboxylic acids is 1. The lowest BCUT2D eigenvalue weighted by molar-refractivity contribution is -0.125. The van der Waals surface area contributed by atoms with Crippen molar-refractivity contribution in [3.8, 4) is 11.3 Å².